The van der Waals surface area contributed by atoms with E-state index in [9.17, 15) is 31.7 Å². The minimum atomic E-state index is -4.44. The molecule has 0 heterocycles. The summed E-state index contributed by atoms with van der Waals surface area (Å²) < 4.78 is 61.1. The Bertz CT molecular complexity index is 944. The van der Waals surface area contributed by atoms with E-state index in [-0.39, 0.29) is 28.7 Å². The summed E-state index contributed by atoms with van der Waals surface area (Å²) in [6.45, 7) is 1.83. The number of nitro groups is 1. The number of alkyl halides is 3. The van der Waals surface area contributed by atoms with E-state index in [0.717, 1.165) is 30.3 Å². The van der Waals surface area contributed by atoms with Crippen LogP contribution in [0.15, 0.2) is 47.4 Å². The van der Waals surface area contributed by atoms with Crippen LogP contribution in [0.3, 0.4) is 0 Å². The van der Waals surface area contributed by atoms with Gasteiger partial charge in [0.2, 0.25) is 10.0 Å². The molecule has 0 saturated carbocycles. The van der Waals surface area contributed by atoms with Gasteiger partial charge in [-0.15, -0.1) is 0 Å². The smallest absolute Gasteiger partial charge is 0.383 e. The summed E-state index contributed by atoms with van der Waals surface area (Å²) in [6, 6.07) is 7.64. The van der Waals surface area contributed by atoms with Crippen molar-refractivity contribution in [3.63, 3.8) is 0 Å². The van der Waals surface area contributed by atoms with Gasteiger partial charge in [0, 0.05) is 18.7 Å². The molecule has 0 bridgehead atoms. The van der Waals surface area contributed by atoms with Crippen LogP contribution in [0, 0.1) is 10.1 Å². The first-order chi connectivity index (χ1) is 12.4. The van der Waals surface area contributed by atoms with Crippen molar-refractivity contribution in [2.45, 2.75) is 23.9 Å². The largest absolute Gasteiger partial charge is 0.416 e. The Morgan fingerprint density at radius 3 is 2.26 bits per heavy atom. The standard InChI is InChI=1S/C16H16F3N3O4S/c1-10(11-2-4-12(5-3-11)16(17,18)19)9-21-14-8-13(22(23)24)6-7-15(14)27(20,25)26/h2-8,10,21H,9H2,1H3,(H2,20,25,26). The first-order valence-corrected chi connectivity index (χ1v) is 9.16. The second kappa shape index (κ2) is 7.53. The van der Waals surface area contributed by atoms with Crippen molar-refractivity contribution in [3.8, 4) is 0 Å². The van der Waals surface area contributed by atoms with E-state index >= 15 is 0 Å². The molecule has 1 unspecified atom stereocenters. The molecule has 0 fully saturated rings. The topological polar surface area (TPSA) is 115 Å². The number of sulfonamides is 1. The number of nitro benzene ring substituents is 1. The summed E-state index contributed by atoms with van der Waals surface area (Å²) in [5, 5.41) is 18.8. The average molecular weight is 403 g/mol. The normalized spacial score (nSPS) is 13.2. The number of hydrogen-bond acceptors (Lipinski definition) is 5. The molecular formula is C16H16F3N3O4S. The van der Waals surface area contributed by atoms with Gasteiger partial charge in [0.1, 0.15) is 4.90 Å². The molecule has 2 rings (SSSR count). The summed E-state index contributed by atoms with van der Waals surface area (Å²) >= 11 is 0. The lowest BCUT2D eigenvalue weighted by Crippen LogP contribution is -2.17. The molecule has 0 aliphatic carbocycles. The zero-order valence-electron chi connectivity index (χ0n) is 14.0. The second-order valence-electron chi connectivity index (χ2n) is 5.88. The summed E-state index contributed by atoms with van der Waals surface area (Å²) in [5.74, 6) is -0.306. The maximum atomic E-state index is 12.6. The van der Waals surface area contributed by atoms with Crippen LogP contribution in [-0.4, -0.2) is 19.9 Å². The summed E-state index contributed by atoms with van der Waals surface area (Å²) in [5.41, 5.74) is -0.572. The molecule has 0 aliphatic rings. The number of primary sulfonamides is 1. The first-order valence-electron chi connectivity index (χ1n) is 7.62. The third kappa shape index (κ3) is 5.17. The maximum Gasteiger partial charge on any atom is 0.416 e. The Morgan fingerprint density at radius 2 is 1.78 bits per heavy atom. The van der Waals surface area contributed by atoms with Gasteiger partial charge in [0.15, 0.2) is 0 Å². The lowest BCUT2D eigenvalue weighted by molar-refractivity contribution is -0.384. The van der Waals surface area contributed by atoms with Gasteiger partial charge in [-0.1, -0.05) is 19.1 Å². The van der Waals surface area contributed by atoms with Crippen molar-refractivity contribution in [1.82, 2.24) is 0 Å². The monoisotopic (exact) mass is 403 g/mol. The number of nitrogens with zero attached hydrogens (tertiary/aromatic N) is 1. The molecule has 0 saturated heterocycles. The highest BCUT2D eigenvalue weighted by atomic mass is 32.2. The molecule has 0 aromatic heterocycles. The quantitative estimate of drug-likeness (QED) is 0.566. The minimum absolute atomic E-state index is 0.0505. The fraction of sp³-hybridized carbons (Fsp3) is 0.250. The molecule has 7 nitrogen and oxygen atoms in total. The Morgan fingerprint density at radius 1 is 1.19 bits per heavy atom. The lowest BCUT2D eigenvalue weighted by atomic mass is 9.99. The molecule has 2 aromatic rings. The van der Waals surface area contributed by atoms with Crippen LogP contribution in [0.2, 0.25) is 0 Å². The first kappa shape index (κ1) is 20.6. The number of anilines is 1. The van der Waals surface area contributed by atoms with Gasteiger partial charge < -0.3 is 5.32 Å². The average Bonchev–Trinajstić information content (AvgIpc) is 2.57. The maximum absolute atomic E-state index is 12.6. The minimum Gasteiger partial charge on any atom is -0.383 e. The fourth-order valence-electron chi connectivity index (χ4n) is 2.40. The molecule has 0 spiro atoms. The summed E-state index contributed by atoms with van der Waals surface area (Å²) in [7, 11) is -4.12. The Hall–Kier alpha value is -2.66. The number of nitrogens with two attached hydrogens (primary N) is 1. The van der Waals surface area contributed by atoms with Crippen molar-refractivity contribution in [1.29, 1.82) is 0 Å². The number of hydrogen-bond donors (Lipinski definition) is 2. The summed E-state index contributed by atoms with van der Waals surface area (Å²) in [4.78, 5) is 9.90. The van der Waals surface area contributed by atoms with E-state index in [1.165, 1.54) is 12.1 Å². The van der Waals surface area contributed by atoms with Crippen molar-refractivity contribution < 1.29 is 26.5 Å². The highest BCUT2D eigenvalue weighted by Gasteiger charge is 2.30. The lowest BCUT2D eigenvalue weighted by Gasteiger charge is -2.16. The molecule has 3 N–H and O–H groups in total. The van der Waals surface area contributed by atoms with Crippen molar-refractivity contribution in [2.24, 2.45) is 5.14 Å². The van der Waals surface area contributed by atoms with Gasteiger partial charge in [-0.2, -0.15) is 13.2 Å². The van der Waals surface area contributed by atoms with Gasteiger partial charge >= 0.3 is 6.18 Å². The van der Waals surface area contributed by atoms with Crippen LogP contribution in [0.4, 0.5) is 24.5 Å². The fourth-order valence-corrected chi connectivity index (χ4v) is 3.09. The van der Waals surface area contributed by atoms with Crippen LogP contribution < -0.4 is 10.5 Å². The predicted molar refractivity (Wildman–Crippen MR) is 92.8 cm³/mol. The molecular weight excluding hydrogens is 387 g/mol. The van der Waals surface area contributed by atoms with Crippen LogP contribution in [0.1, 0.15) is 24.0 Å². The zero-order chi connectivity index (χ0) is 20.4. The number of nitrogens with one attached hydrogen (secondary N) is 1. The third-order valence-electron chi connectivity index (χ3n) is 3.89. The van der Waals surface area contributed by atoms with Crippen molar-refractivity contribution >= 4 is 21.4 Å². The number of non-ortho nitro benzene ring substituents is 1. The number of rotatable bonds is 6. The van der Waals surface area contributed by atoms with E-state index in [2.05, 4.69) is 5.32 Å². The SMILES string of the molecule is CC(CNc1cc([N+](=O)[O-])ccc1S(N)(=O)=O)c1ccc(C(F)(F)F)cc1. The van der Waals surface area contributed by atoms with Crippen LogP contribution in [0.5, 0.6) is 0 Å². The van der Waals surface area contributed by atoms with Gasteiger partial charge in [0.05, 0.1) is 16.2 Å². The molecule has 146 valence electrons. The van der Waals surface area contributed by atoms with Crippen molar-refractivity contribution in [3.05, 3.63) is 63.7 Å². The van der Waals surface area contributed by atoms with Crippen LogP contribution in [-0.2, 0) is 16.2 Å². The predicted octanol–water partition coefficient (Wildman–Crippen LogP) is 3.48. The van der Waals surface area contributed by atoms with E-state index in [4.69, 9.17) is 5.14 Å². The van der Waals surface area contributed by atoms with Gasteiger partial charge in [0.25, 0.3) is 5.69 Å². The third-order valence-corrected chi connectivity index (χ3v) is 4.86. The molecule has 0 aliphatic heterocycles. The highest BCUT2D eigenvalue weighted by Crippen LogP contribution is 2.31. The molecule has 27 heavy (non-hydrogen) atoms. The molecule has 0 amide bonds. The van der Waals surface area contributed by atoms with E-state index < -0.39 is 26.7 Å². The van der Waals surface area contributed by atoms with E-state index in [0.29, 0.717) is 5.56 Å². The molecule has 11 heteroatoms. The zero-order valence-corrected chi connectivity index (χ0v) is 14.8. The molecule has 0 radical (unpaired) electrons. The van der Waals surface area contributed by atoms with Gasteiger partial charge in [-0.05, 0) is 29.7 Å². The Balaban J connectivity index is 2.22. The van der Waals surface area contributed by atoms with Gasteiger partial charge in [-0.3, -0.25) is 10.1 Å². The van der Waals surface area contributed by atoms with E-state index in [1.54, 1.807) is 6.92 Å². The second-order valence-corrected chi connectivity index (χ2v) is 7.41. The molecule has 1 atom stereocenters. The Labute approximate surface area is 153 Å². The van der Waals surface area contributed by atoms with E-state index in [1.807, 2.05) is 0 Å². The van der Waals surface area contributed by atoms with Crippen LogP contribution in [0.25, 0.3) is 0 Å². The number of benzene rings is 2. The van der Waals surface area contributed by atoms with Crippen LogP contribution >= 0.6 is 0 Å². The number of halogens is 3. The van der Waals surface area contributed by atoms with Crippen molar-refractivity contribution in [2.75, 3.05) is 11.9 Å². The van der Waals surface area contributed by atoms with Gasteiger partial charge in [-0.25, -0.2) is 13.6 Å². The highest BCUT2D eigenvalue weighted by molar-refractivity contribution is 7.89. The summed E-state index contributed by atoms with van der Waals surface area (Å²) in [6.07, 6.45) is -4.44. The molecule has 2 aromatic carbocycles. The Kier molecular flexibility index (Phi) is 5.76.